The molecule has 8 nitrogen and oxygen atoms in total. The second-order valence-corrected chi connectivity index (χ2v) is 10.3. The summed E-state index contributed by atoms with van der Waals surface area (Å²) in [5.74, 6) is 2.65. The van der Waals surface area contributed by atoms with Crippen LogP contribution in [0.1, 0.15) is 26.2 Å². The molecule has 2 fully saturated rings. The second-order valence-electron chi connectivity index (χ2n) is 6.97. The molecule has 0 spiro atoms. The Bertz CT molecular complexity index is 560. The maximum atomic E-state index is 12.5. The fraction of sp³-hybridized carbons (Fsp3) is 0.944. The van der Waals surface area contributed by atoms with Crippen LogP contribution in [0, 0.1) is 0 Å². The summed E-state index contributed by atoms with van der Waals surface area (Å²) in [5, 5.41) is 3.30. The Morgan fingerprint density at radius 2 is 1.89 bits per heavy atom. The minimum Gasteiger partial charge on any atom is -0.385 e. The summed E-state index contributed by atoms with van der Waals surface area (Å²) in [6.07, 6.45) is 3.13. The SMILES string of the molecule is CCNC(=NCCS(=O)(=O)N1CCSCC1)N1CCC(OCCCOC)CC1. The first-order valence-corrected chi connectivity index (χ1v) is 13.0. The van der Waals surface area contributed by atoms with Crippen LogP contribution in [0.3, 0.4) is 0 Å². The molecule has 0 saturated carbocycles. The van der Waals surface area contributed by atoms with Crippen molar-refractivity contribution in [3.05, 3.63) is 0 Å². The van der Waals surface area contributed by atoms with E-state index in [-0.39, 0.29) is 11.9 Å². The van der Waals surface area contributed by atoms with E-state index in [0.717, 1.165) is 69.6 Å². The monoisotopic (exact) mass is 436 g/mol. The maximum absolute atomic E-state index is 12.5. The van der Waals surface area contributed by atoms with Crippen molar-refractivity contribution in [2.24, 2.45) is 4.99 Å². The predicted molar refractivity (Wildman–Crippen MR) is 116 cm³/mol. The first-order valence-electron chi connectivity index (χ1n) is 10.3. The lowest BCUT2D eigenvalue weighted by Gasteiger charge is -2.34. The van der Waals surface area contributed by atoms with Crippen molar-refractivity contribution < 1.29 is 17.9 Å². The minimum atomic E-state index is -3.21. The van der Waals surface area contributed by atoms with Crippen LogP contribution in [-0.2, 0) is 19.5 Å². The normalized spacial score (nSPS) is 20.5. The number of rotatable bonds is 10. The molecule has 164 valence electrons. The molecule has 0 radical (unpaired) electrons. The van der Waals surface area contributed by atoms with Crippen LogP contribution >= 0.6 is 11.8 Å². The highest BCUT2D eigenvalue weighted by molar-refractivity contribution is 7.99. The number of hydrogen-bond donors (Lipinski definition) is 1. The van der Waals surface area contributed by atoms with Crippen molar-refractivity contribution >= 4 is 27.7 Å². The Morgan fingerprint density at radius 3 is 2.54 bits per heavy atom. The number of thioether (sulfide) groups is 1. The number of nitrogens with zero attached hydrogens (tertiary/aromatic N) is 3. The number of likely N-dealkylation sites (tertiary alicyclic amines) is 1. The van der Waals surface area contributed by atoms with Gasteiger partial charge in [0.15, 0.2) is 5.96 Å². The number of hydrogen-bond acceptors (Lipinski definition) is 6. The van der Waals surface area contributed by atoms with E-state index in [0.29, 0.717) is 19.6 Å². The highest BCUT2D eigenvalue weighted by Crippen LogP contribution is 2.15. The Hall–Kier alpha value is -0.550. The smallest absolute Gasteiger partial charge is 0.215 e. The highest BCUT2D eigenvalue weighted by Gasteiger charge is 2.25. The Kier molecular flexibility index (Phi) is 10.9. The number of guanidine groups is 1. The number of ether oxygens (including phenoxy) is 2. The van der Waals surface area contributed by atoms with E-state index in [1.807, 2.05) is 18.7 Å². The van der Waals surface area contributed by atoms with E-state index >= 15 is 0 Å². The standard InChI is InChI=1S/C18H36N4O4S2/c1-3-19-18(20-7-16-28(23,24)22-10-14-27-15-11-22)21-8-5-17(6-9-21)26-13-4-12-25-2/h17H,3-16H2,1-2H3,(H,19,20). The van der Waals surface area contributed by atoms with Gasteiger partial charge in [0.2, 0.25) is 10.0 Å². The molecule has 0 aromatic heterocycles. The number of sulfonamides is 1. The topological polar surface area (TPSA) is 83.5 Å². The molecule has 0 amide bonds. The van der Waals surface area contributed by atoms with Gasteiger partial charge in [-0.2, -0.15) is 11.8 Å². The third kappa shape index (κ3) is 8.06. The van der Waals surface area contributed by atoms with Crippen LogP contribution in [0.2, 0.25) is 0 Å². The molecule has 0 atom stereocenters. The van der Waals surface area contributed by atoms with Crippen LogP contribution in [-0.4, -0.2) is 107 Å². The van der Waals surface area contributed by atoms with Gasteiger partial charge < -0.3 is 19.7 Å². The van der Waals surface area contributed by atoms with Gasteiger partial charge in [0.05, 0.1) is 18.4 Å². The molecule has 2 aliphatic rings. The van der Waals surface area contributed by atoms with Crippen molar-refractivity contribution in [2.75, 3.05) is 76.9 Å². The van der Waals surface area contributed by atoms with E-state index in [9.17, 15) is 8.42 Å². The van der Waals surface area contributed by atoms with Crippen molar-refractivity contribution in [3.8, 4) is 0 Å². The number of piperidine rings is 1. The summed E-state index contributed by atoms with van der Waals surface area (Å²) in [6.45, 7) is 7.54. The van der Waals surface area contributed by atoms with Crippen LogP contribution in [0.25, 0.3) is 0 Å². The van der Waals surface area contributed by atoms with Crippen LogP contribution < -0.4 is 5.32 Å². The third-order valence-corrected chi connectivity index (χ3v) is 7.69. The summed E-state index contributed by atoms with van der Waals surface area (Å²) in [5.41, 5.74) is 0. The minimum absolute atomic E-state index is 0.0750. The van der Waals surface area contributed by atoms with Gasteiger partial charge in [0.25, 0.3) is 0 Å². The van der Waals surface area contributed by atoms with E-state index < -0.39 is 10.0 Å². The lowest BCUT2D eigenvalue weighted by molar-refractivity contribution is 0.00991. The zero-order valence-corrected chi connectivity index (χ0v) is 18.9. The van der Waals surface area contributed by atoms with E-state index in [1.165, 1.54) is 0 Å². The fourth-order valence-electron chi connectivity index (χ4n) is 3.33. The second kappa shape index (κ2) is 12.9. The summed E-state index contributed by atoms with van der Waals surface area (Å²) < 4.78 is 37.5. The molecular weight excluding hydrogens is 400 g/mol. The Balaban J connectivity index is 1.79. The van der Waals surface area contributed by atoms with Crippen molar-refractivity contribution in [3.63, 3.8) is 0 Å². The van der Waals surface area contributed by atoms with E-state index in [4.69, 9.17) is 9.47 Å². The van der Waals surface area contributed by atoms with Crippen molar-refractivity contribution in [1.29, 1.82) is 0 Å². The Labute approximate surface area is 174 Å². The zero-order valence-electron chi connectivity index (χ0n) is 17.3. The third-order valence-electron chi connectivity index (χ3n) is 4.90. The number of nitrogens with one attached hydrogen (secondary N) is 1. The highest BCUT2D eigenvalue weighted by atomic mass is 32.2. The van der Waals surface area contributed by atoms with Crippen molar-refractivity contribution in [1.82, 2.24) is 14.5 Å². The Morgan fingerprint density at radius 1 is 1.18 bits per heavy atom. The molecule has 2 rings (SSSR count). The summed E-state index contributed by atoms with van der Waals surface area (Å²) in [7, 11) is -1.51. The quantitative estimate of drug-likeness (QED) is 0.309. The summed E-state index contributed by atoms with van der Waals surface area (Å²) >= 11 is 1.81. The predicted octanol–water partition coefficient (Wildman–Crippen LogP) is 0.848. The average molecular weight is 437 g/mol. The molecule has 2 heterocycles. The van der Waals surface area contributed by atoms with E-state index in [1.54, 1.807) is 11.4 Å². The zero-order chi connectivity index (χ0) is 20.2. The van der Waals surface area contributed by atoms with Crippen LogP contribution in [0.4, 0.5) is 0 Å². The van der Waals surface area contributed by atoms with Gasteiger partial charge in [-0.15, -0.1) is 0 Å². The lowest BCUT2D eigenvalue weighted by atomic mass is 10.1. The largest absolute Gasteiger partial charge is 0.385 e. The molecule has 0 aliphatic carbocycles. The van der Waals surface area contributed by atoms with Gasteiger partial charge in [-0.3, -0.25) is 4.99 Å². The molecule has 2 aliphatic heterocycles. The van der Waals surface area contributed by atoms with Gasteiger partial charge in [-0.25, -0.2) is 12.7 Å². The summed E-state index contributed by atoms with van der Waals surface area (Å²) in [4.78, 5) is 6.80. The summed E-state index contributed by atoms with van der Waals surface area (Å²) in [6, 6.07) is 0. The van der Waals surface area contributed by atoms with Gasteiger partial charge in [-0.1, -0.05) is 0 Å². The van der Waals surface area contributed by atoms with Gasteiger partial charge in [0, 0.05) is 64.6 Å². The van der Waals surface area contributed by atoms with Gasteiger partial charge >= 0.3 is 0 Å². The first kappa shape index (κ1) is 23.7. The van der Waals surface area contributed by atoms with Gasteiger partial charge in [-0.05, 0) is 26.2 Å². The molecule has 0 aromatic rings. The molecule has 10 heteroatoms. The average Bonchev–Trinajstić information content (AvgIpc) is 2.72. The lowest BCUT2D eigenvalue weighted by Crippen LogP contribution is -2.47. The first-order chi connectivity index (χ1) is 13.6. The maximum Gasteiger partial charge on any atom is 0.215 e. The molecule has 2 saturated heterocycles. The molecule has 28 heavy (non-hydrogen) atoms. The van der Waals surface area contributed by atoms with Crippen molar-refractivity contribution in [2.45, 2.75) is 32.3 Å². The molecule has 1 N–H and O–H groups in total. The molecular formula is C18H36N4O4S2. The van der Waals surface area contributed by atoms with Crippen LogP contribution in [0.5, 0.6) is 0 Å². The molecule has 0 unspecified atom stereocenters. The van der Waals surface area contributed by atoms with Crippen LogP contribution in [0.15, 0.2) is 4.99 Å². The van der Waals surface area contributed by atoms with Gasteiger partial charge in [0.1, 0.15) is 0 Å². The molecule has 0 bridgehead atoms. The van der Waals surface area contributed by atoms with E-state index in [2.05, 4.69) is 15.2 Å². The number of methoxy groups -OCH3 is 1. The molecule has 0 aromatic carbocycles. The number of aliphatic imine (C=N–C) groups is 1. The fourth-order valence-corrected chi connectivity index (χ4v) is 5.79.